The molecule has 1 unspecified atom stereocenters. The number of rotatable bonds is 2. The third-order valence-electron chi connectivity index (χ3n) is 4.40. The van der Waals surface area contributed by atoms with E-state index in [0.717, 1.165) is 0 Å². The predicted molar refractivity (Wildman–Crippen MR) is 87.2 cm³/mol. The van der Waals surface area contributed by atoms with Crippen LogP contribution in [0.4, 0.5) is 0 Å². The van der Waals surface area contributed by atoms with Crippen LogP contribution in [0.2, 0.25) is 0 Å². The van der Waals surface area contributed by atoms with Gasteiger partial charge < -0.3 is 5.32 Å². The summed E-state index contributed by atoms with van der Waals surface area (Å²) in [5, 5.41) is 3.91. The van der Waals surface area contributed by atoms with Crippen LogP contribution >= 0.6 is 11.8 Å². The van der Waals surface area contributed by atoms with Gasteiger partial charge in [-0.3, -0.25) is 0 Å². The van der Waals surface area contributed by atoms with Gasteiger partial charge in [0.1, 0.15) is 0 Å². The van der Waals surface area contributed by atoms with Gasteiger partial charge in [0.25, 0.3) is 0 Å². The lowest BCUT2D eigenvalue weighted by atomic mass is 10.0. The second-order valence-corrected chi connectivity index (χ2v) is 6.84. The van der Waals surface area contributed by atoms with E-state index >= 15 is 0 Å². The molecule has 1 saturated heterocycles. The Bertz CT molecular complexity index is 571. The Morgan fingerprint density at radius 2 is 1.55 bits per heavy atom. The van der Waals surface area contributed by atoms with Crippen LogP contribution in [0.25, 0.3) is 11.1 Å². The van der Waals surface area contributed by atoms with Crippen LogP contribution < -0.4 is 5.32 Å². The van der Waals surface area contributed by atoms with E-state index in [2.05, 4.69) is 65.6 Å². The number of thioether (sulfide) groups is 1. The average Bonchev–Trinajstić information content (AvgIpc) is 2.84. The molecule has 0 saturated carbocycles. The average molecular weight is 281 g/mol. The van der Waals surface area contributed by atoms with Gasteiger partial charge in [0, 0.05) is 11.8 Å². The molecule has 2 aromatic rings. The molecule has 0 spiro atoms. The van der Waals surface area contributed by atoms with Crippen molar-refractivity contribution in [2.24, 2.45) is 0 Å². The second kappa shape index (κ2) is 5.27. The molecule has 1 N–H and O–H groups in total. The Morgan fingerprint density at radius 1 is 0.900 bits per heavy atom. The predicted octanol–water partition coefficient (Wildman–Crippen LogP) is 4.24. The van der Waals surface area contributed by atoms with E-state index in [4.69, 9.17) is 0 Å². The van der Waals surface area contributed by atoms with Crippen LogP contribution in [0.5, 0.6) is 0 Å². The molecule has 1 atom stereocenters. The van der Waals surface area contributed by atoms with Gasteiger partial charge in [-0.15, -0.1) is 0 Å². The molecular formula is C18H19NS. The maximum atomic E-state index is 3.91. The highest BCUT2D eigenvalue weighted by atomic mass is 32.2. The molecule has 1 nitrogen and oxygen atoms in total. The lowest BCUT2D eigenvalue weighted by Crippen LogP contribution is -2.36. The van der Waals surface area contributed by atoms with Crippen molar-refractivity contribution in [3.05, 3.63) is 59.7 Å². The maximum Gasteiger partial charge on any atom is 0.0591 e. The second-order valence-electron chi connectivity index (χ2n) is 5.69. The van der Waals surface area contributed by atoms with Crippen LogP contribution in [0.1, 0.15) is 30.0 Å². The van der Waals surface area contributed by atoms with Gasteiger partial charge in [-0.05, 0) is 40.8 Å². The first-order valence-electron chi connectivity index (χ1n) is 7.45. The van der Waals surface area contributed by atoms with Crippen molar-refractivity contribution in [1.29, 1.82) is 0 Å². The summed E-state index contributed by atoms with van der Waals surface area (Å²) in [5.41, 5.74) is 5.71. The Morgan fingerprint density at radius 3 is 2.15 bits per heavy atom. The van der Waals surface area contributed by atoms with E-state index in [9.17, 15) is 0 Å². The normalized spacial score (nSPS) is 21.5. The van der Waals surface area contributed by atoms with E-state index in [1.807, 2.05) is 0 Å². The number of hydrogen-bond acceptors (Lipinski definition) is 2. The van der Waals surface area contributed by atoms with Crippen molar-refractivity contribution in [2.45, 2.75) is 24.9 Å². The summed E-state index contributed by atoms with van der Waals surface area (Å²) < 4.78 is 0. The van der Waals surface area contributed by atoms with Gasteiger partial charge in [0.05, 0.1) is 6.04 Å². The monoisotopic (exact) mass is 281 g/mol. The van der Waals surface area contributed by atoms with Crippen LogP contribution in [-0.4, -0.2) is 17.5 Å². The van der Waals surface area contributed by atoms with Gasteiger partial charge in [0.15, 0.2) is 0 Å². The number of fused-ring (bicyclic) bond motifs is 3. The molecule has 0 aromatic heterocycles. The Kier molecular flexibility index (Phi) is 3.29. The van der Waals surface area contributed by atoms with Crippen LogP contribution in [0.15, 0.2) is 48.5 Å². The van der Waals surface area contributed by atoms with Crippen molar-refractivity contribution >= 4 is 11.8 Å². The molecular weight excluding hydrogens is 262 g/mol. The lowest BCUT2D eigenvalue weighted by molar-refractivity contribution is 0.473. The summed E-state index contributed by atoms with van der Waals surface area (Å²) in [6, 6.07) is 18.7. The molecule has 1 aliphatic carbocycles. The highest BCUT2D eigenvalue weighted by Gasteiger charge is 2.29. The Labute approximate surface area is 124 Å². The largest absolute Gasteiger partial charge is 0.303 e. The summed E-state index contributed by atoms with van der Waals surface area (Å²) in [4.78, 5) is 0. The Hall–Kier alpha value is -1.25. The number of nitrogens with one attached hydrogen (secondary N) is 1. The Balaban J connectivity index is 1.71. The topological polar surface area (TPSA) is 12.0 Å². The molecule has 1 aliphatic heterocycles. The maximum absolute atomic E-state index is 3.91. The summed E-state index contributed by atoms with van der Waals surface area (Å²) in [7, 11) is 0. The van der Waals surface area contributed by atoms with E-state index in [1.54, 1.807) is 0 Å². The SMILES string of the molecule is c1ccc2c(c1)-c1ccccc1C2NC1CCCSC1. The standard InChI is InChI=1S/C18H19NS/c1-3-9-16-14(7-1)15-8-2-4-10-17(15)18(16)19-13-6-5-11-20-12-13/h1-4,7-10,13,18-19H,5-6,11-12H2. The molecule has 1 heterocycles. The molecule has 4 rings (SSSR count). The van der Waals surface area contributed by atoms with Crippen molar-refractivity contribution in [3.8, 4) is 11.1 Å². The van der Waals surface area contributed by atoms with E-state index in [0.29, 0.717) is 12.1 Å². The van der Waals surface area contributed by atoms with E-state index in [-0.39, 0.29) is 0 Å². The first-order chi connectivity index (χ1) is 9.93. The summed E-state index contributed by atoms with van der Waals surface area (Å²) in [5.74, 6) is 2.58. The zero-order valence-corrected chi connectivity index (χ0v) is 12.3. The molecule has 2 aliphatic rings. The van der Waals surface area contributed by atoms with Gasteiger partial charge in [0.2, 0.25) is 0 Å². The summed E-state index contributed by atoms with van der Waals surface area (Å²) in [6.07, 6.45) is 2.66. The van der Waals surface area contributed by atoms with Gasteiger partial charge in [-0.1, -0.05) is 48.5 Å². The first kappa shape index (κ1) is 12.5. The van der Waals surface area contributed by atoms with Crippen molar-refractivity contribution in [2.75, 3.05) is 11.5 Å². The van der Waals surface area contributed by atoms with E-state index in [1.165, 1.54) is 46.6 Å². The fourth-order valence-electron chi connectivity index (χ4n) is 3.44. The fourth-order valence-corrected chi connectivity index (χ4v) is 4.53. The minimum absolute atomic E-state index is 0.381. The van der Waals surface area contributed by atoms with Crippen molar-refractivity contribution in [3.63, 3.8) is 0 Å². The van der Waals surface area contributed by atoms with E-state index < -0.39 is 0 Å². The van der Waals surface area contributed by atoms with Gasteiger partial charge >= 0.3 is 0 Å². The quantitative estimate of drug-likeness (QED) is 0.883. The third kappa shape index (κ3) is 2.07. The first-order valence-corrected chi connectivity index (χ1v) is 8.61. The smallest absolute Gasteiger partial charge is 0.0591 e. The number of hydrogen-bond donors (Lipinski definition) is 1. The molecule has 20 heavy (non-hydrogen) atoms. The summed E-state index contributed by atoms with van der Waals surface area (Å²) in [6.45, 7) is 0. The zero-order valence-electron chi connectivity index (χ0n) is 11.5. The van der Waals surface area contributed by atoms with Crippen molar-refractivity contribution in [1.82, 2.24) is 5.32 Å². The fraction of sp³-hybridized carbons (Fsp3) is 0.333. The van der Waals surface area contributed by atoms with Gasteiger partial charge in [-0.2, -0.15) is 11.8 Å². The molecule has 2 aromatic carbocycles. The van der Waals surface area contributed by atoms with Crippen LogP contribution in [0.3, 0.4) is 0 Å². The minimum Gasteiger partial charge on any atom is -0.303 e. The third-order valence-corrected chi connectivity index (χ3v) is 5.61. The molecule has 1 fully saturated rings. The zero-order chi connectivity index (χ0) is 13.4. The van der Waals surface area contributed by atoms with Gasteiger partial charge in [-0.25, -0.2) is 0 Å². The highest BCUT2D eigenvalue weighted by Crippen LogP contribution is 2.43. The highest BCUT2D eigenvalue weighted by molar-refractivity contribution is 7.99. The minimum atomic E-state index is 0.381. The van der Waals surface area contributed by atoms with Crippen LogP contribution in [0, 0.1) is 0 Å². The molecule has 0 amide bonds. The molecule has 0 radical (unpaired) electrons. The molecule has 0 bridgehead atoms. The number of benzene rings is 2. The van der Waals surface area contributed by atoms with Crippen molar-refractivity contribution < 1.29 is 0 Å². The summed E-state index contributed by atoms with van der Waals surface area (Å²) >= 11 is 2.09. The van der Waals surface area contributed by atoms with Crippen LogP contribution in [-0.2, 0) is 0 Å². The lowest BCUT2D eigenvalue weighted by Gasteiger charge is -2.27. The molecule has 2 heteroatoms. The molecule has 102 valence electrons.